The second-order valence-corrected chi connectivity index (χ2v) is 14.2. The van der Waals surface area contributed by atoms with E-state index in [0.717, 1.165) is 5.56 Å². The van der Waals surface area contributed by atoms with Crippen molar-refractivity contribution in [2.45, 2.75) is 17.3 Å². The molecular formula is C34H30N2OPS+. The Morgan fingerprint density at radius 1 is 0.538 bits per heavy atom. The molecule has 1 aliphatic heterocycles. The molecule has 5 aromatic carbocycles. The summed E-state index contributed by atoms with van der Waals surface area (Å²) >= 11 is 1.39. The topological polar surface area (TPSA) is 41.1 Å². The van der Waals surface area contributed by atoms with Crippen LogP contribution < -0.4 is 26.5 Å². The number of nitrogens with one attached hydrogen (secondary N) is 2. The summed E-state index contributed by atoms with van der Waals surface area (Å²) in [5.74, 6) is -0.0485. The van der Waals surface area contributed by atoms with Crippen LogP contribution in [0, 0.1) is 0 Å². The Balaban J connectivity index is 1.55. The fourth-order valence-corrected chi connectivity index (χ4v) is 11.8. The van der Waals surface area contributed by atoms with Crippen LogP contribution in [-0.4, -0.2) is 16.3 Å². The Morgan fingerprint density at radius 3 is 1.41 bits per heavy atom. The number of hydrogen-bond donors (Lipinski definition) is 2. The van der Waals surface area contributed by atoms with Crippen molar-refractivity contribution in [1.82, 2.24) is 10.6 Å². The Hall–Kier alpha value is -3.53. The van der Waals surface area contributed by atoms with Crippen molar-refractivity contribution < 1.29 is 4.79 Å². The molecule has 192 valence electrons. The quantitative estimate of drug-likeness (QED) is 0.243. The van der Waals surface area contributed by atoms with Crippen LogP contribution in [0.5, 0.6) is 0 Å². The molecule has 1 aliphatic rings. The summed E-state index contributed by atoms with van der Waals surface area (Å²) < 4.78 is 0. The van der Waals surface area contributed by atoms with Gasteiger partial charge in [-0.2, -0.15) is 0 Å². The molecule has 5 heteroatoms. The van der Waals surface area contributed by atoms with E-state index in [2.05, 4.69) is 126 Å². The molecule has 6 rings (SSSR count). The van der Waals surface area contributed by atoms with E-state index in [9.17, 15) is 4.79 Å². The molecule has 0 bridgehead atoms. The maximum Gasteiger partial charge on any atom is 0.221 e. The van der Waals surface area contributed by atoms with Gasteiger partial charge in [-0.1, -0.05) is 127 Å². The third-order valence-corrected chi connectivity index (χ3v) is 13.2. The van der Waals surface area contributed by atoms with Gasteiger partial charge in [-0.3, -0.25) is 15.4 Å². The van der Waals surface area contributed by atoms with Gasteiger partial charge in [0.15, 0.2) is 5.78 Å². The van der Waals surface area contributed by atoms with Crippen molar-refractivity contribution in [3.63, 3.8) is 0 Å². The summed E-state index contributed by atoms with van der Waals surface area (Å²) in [7, 11) is -2.31. The molecule has 1 saturated heterocycles. The number of hydrogen-bond acceptors (Lipinski definition) is 4. The van der Waals surface area contributed by atoms with Crippen LogP contribution in [0.3, 0.4) is 0 Å². The molecule has 0 aliphatic carbocycles. The lowest BCUT2D eigenvalue weighted by Crippen LogP contribution is -2.47. The van der Waals surface area contributed by atoms with Crippen molar-refractivity contribution in [2.24, 2.45) is 0 Å². The first-order chi connectivity index (χ1) is 19.3. The smallest absolute Gasteiger partial charge is 0.221 e. The molecule has 3 atom stereocenters. The van der Waals surface area contributed by atoms with Gasteiger partial charge in [0, 0.05) is 5.56 Å². The maximum atomic E-state index is 13.6. The minimum Gasteiger partial charge on any atom is -0.282 e. The number of carbonyl (C=O) groups is 1. The van der Waals surface area contributed by atoms with Gasteiger partial charge in [0.25, 0.3) is 0 Å². The second-order valence-electron chi connectivity index (χ2n) is 9.54. The molecule has 3 nitrogen and oxygen atoms in total. The van der Waals surface area contributed by atoms with E-state index in [1.807, 2.05) is 36.4 Å². The Kier molecular flexibility index (Phi) is 7.71. The van der Waals surface area contributed by atoms with Gasteiger partial charge in [-0.05, 0) is 42.0 Å². The normalized spacial score (nSPS) is 19.0. The van der Waals surface area contributed by atoms with Gasteiger partial charge < -0.3 is 0 Å². The van der Waals surface area contributed by atoms with Gasteiger partial charge in [0.05, 0.1) is 6.17 Å². The van der Waals surface area contributed by atoms with Crippen LogP contribution in [0.15, 0.2) is 152 Å². The average Bonchev–Trinajstić information content (AvgIpc) is 3.44. The molecule has 0 radical (unpaired) electrons. The highest BCUT2D eigenvalue weighted by Crippen LogP contribution is 2.62. The minimum atomic E-state index is -2.31. The SMILES string of the molecule is O=C(S[C@@H]1N[C@H](c2ccccc2)N[C@@H]1[P+](c1ccccc1)(c1ccccc1)c1ccccc1)c1ccccc1. The summed E-state index contributed by atoms with van der Waals surface area (Å²) in [4.78, 5) is 13.6. The van der Waals surface area contributed by atoms with Crippen LogP contribution in [-0.2, 0) is 0 Å². The molecule has 0 aromatic heterocycles. The van der Waals surface area contributed by atoms with Gasteiger partial charge in [-0.25, -0.2) is 0 Å². The average molecular weight is 546 g/mol. The fraction of sp³-hybridized carbons (Fsp3) is 0.0882. The maximum absolute atomic E-state index is 13.6. The van der Waals surface area contributed by atoms with E-state index in [1.165, 1.54) is 27.7 Å². The first kappa shape index (κ1) is 25.7. The molecule has 5 aromatic rings. The summed E-state index contributed by atoms with van der Waals surface area (Å²) in [5.41, 5.74) is 1.87. The van der Waals surface area contributed by atoms with Crippen LogP contribution in [0.4, 0.5) is 0 Å². The highest BCUT2D eigenvalue weighted by molar-refractivity contribution is 8.15. The lowest BCUT2D eigenvalue weighted by molar-refractivity contribution is 0.108. The van der Waals surface area contributed by atoms with Crippen molar-refractivity contribution in [2.75, 3.05) is 0 Å². The zero-order valence-corrected chi connectivity index (χ0v) is 23.1. The van der Waals surface area contributed by atoms with Crippen LogP contribution in [0.2, 0.25) is 0 Å². The Bertz CT molecular complexity index is 1410. The first-order valence-electron chi connectivity index (χ1n) is 13.2. The van der Waals surface area contributed by atoms with E-state index in [1.54, 1.807) is 0 Å². The Labute approximate surface area is 235 Å². The third kappa shape index (κ3) is 5.09. The van der Waals surface area contributed by atoms with Gasteiger partial charge in [0.1, 0.15) is 28.5 Å². The zero-order chi connectivity index (χ0) is 26.5. The van der Waals surface area contributed by atoms with E-state index in [0.29, 0.717) is 5.56 Å². The molecule has 0 spiro atoms. The van der Waals surface area contributed by atoms with E-state index < -0.39 is 7.26 Å². The summed E-state index contributed by atoms with van der Waals surface area (Å²) in [5, 5.41) is 11.6. The zero-order valence-electron chi connectivity index (χ0n) is 21.4. The molecule has 1 heterocycles. The number of benzene rings is 5. The van der Waals surface area contributed by atoms with Gasteiger partial charge in [-0.15, -0.1) is 0 Å². The van der Waals surface area contributed by atoms with Crippen molar-refractivity contribution in [3.05, 3.63) is 163 Å². The highest BCUT2D eigenvalue weighted by atomic mass is 32.2. The van der Waals surface area contributed by atoms with E-state index in [4.69, 9.17) is 0 Å². The van der Waals surface area contributed by atoms with Crippen molar-refractivity contribution in [1.29, 1.82) is 0 Å². The molecule has 2 N–H and O–H groups in total. The Morgan fingerprint density at radius 2 is 0.949 bits per heavy atom. The molecule has 0 amide bonds. The molecular weight excluding hydrogens is 515 g/mol. The van der Waals surface area contributed by atoms with E-state index in [-0.39, 0.29) is 22.4 Å². The highest BCUT2D eigenvalue weighted by Gasteiger charge is 2.59. The number of thioether (sulfide) groups is 1. The molecule has 0 unspecified atom stereocenters. The standard InChI is InChI=1S/C34H30N2OPS/c37-34(27-18-8-2-9-19-27)39-33-32(35-31(36-33)26-16-6-1-7-17-26)38(28-20-10-3-11-21-28,29-22-12-4-13-23-29)30-24-14-5-15-25-30/h1-25,31-33,35-36H/q+1/t31-,32-,33+/m1/s1. The first-order valence-corrected chi connectivity index (χ1v) is 15.9. The fourth-order valence-electron chi connectivity index (χ4n) is 5.49. The van der Waals surface area contributed by atoms with Crippen LogP contribution >= 0.6 is 19.0 Å². The number of carbonyl (C=O) groups excluding carboxylic acids is 1. The van der Waals surface area contributed by atoms with Gasteiger partial charge in [0.2, 0.25) is 5.12 Å². The molecule has 39 heavy (non-hydrogen) atoms. The molecule has 0 saturated carbocycles. The summed E-state index contributed by atoms with van der Waals surface area (Å²) in [6, 6.07) is 52.6. The van der Waals surface area contributed by atoms with Crippen molar-refractivity contribution in [3.8, 4) is 0 Å². The lowest BCUT2D eigenvalue weighted by Gasteiger charge is -2.35. The predicted molar refractivity (Wildman–Crippen MR) is 167 cm³/mol. The minimum absolute atomic E-state index is 0.0485. The largest absolute Gasteiger partial charge is 0.282 e. The monoisotopic (exact) mass is 545 g/mol. The second kappa shape index (κ2) is 11.7. The molecule has 1 fully saturated rings. The lowest BCUT2D eigenvalue weighted by atomic mass is 10.2. The third-order valence-electron chi connectivity index (χ3n) is 7.24. The van der Waals surface area contributed by atoms with Crippen LogP contribution in [0.25, 0.3) is 0 Å². The predicted octanol–water partition coefficient (Wildman–Crippen LogP) is 6.10. The summed E-state index contributed by atoms with van der Waals surface area (Å²) in [6.45, 7) is 0. The number of rotatable bonds is 7. The summed E-state index contributed by atoms with van der Waals surface area (Å²) in [6.07, 6.45) is -0.0900. The van der Waals surface area contributed by atoms with E-state index >= 15 is 0 Å². The van der Waals surface area contributed by atoms with Gasteiger partial charge >= 0.3 is 0 Å². The van der Waals surface area contributed by atoms with Crippen molar-refractivity contribution >= 4 is 40.1 Å². The van der Waals surface area contributed by atoms with Crippen LogP contribution in [0.1, 0.15) is 22.1 Å².